The minimum atomic E-state index is -1.46. The Morgan fingerprint density at radius 1 is 1.10 bits per heavy atom. The van der Waals surface area contributed by atoms with E-state index in [9.17, 15) is 20.4 Å². The molecule has 0 saturated carbocycles. The van der Waals surface area contributed by atoms with Crippen LogP contribution in [0.2, 0.25) is 0 Å². The fourth-order valence-corrected chi connectivity index (χ4v) is 2.96. The van der Waals surface area contributed by atoms with Gasteiger partial charge in [-0.15, -0.1) is 0 Å². The van der Waals surface area contributed by atoms with Crippen molar-refractivity contribution in [1.82, 2.24) is 5.43 Å². The van der Waals surface area contributed by atoms with E-state index in [-0.39, 0.29) is 0 Å². The van der Waals surface area contributed by atoms with Crippen molar-refractivity contribution in [2.75, 3.05) is 0 Å². The number of aliphatic hydroxyl groups excluding tert-OH is 4. The topological polar surface area (TPSA) is 105 Å². The van der Waals surface area contributed by atoms with Crippen LogP contribution < -0.4 is 5.43 Å². The van der Waals surface area contributed by atoms with Crippen LogP contribution in [0.15, 0.2) is 29.4 Å². The minimum Gasteiger partial charge on any atom is -0.391 e. The van der Waals surface area contributed by atoms with Crippen molar-refractivity contribution >= 4 is 16.8 Å². The molecular formula is C14H20N2O4S. The Morgan fingerprint density at radius 2 is 1.71 bits per heavy atom. The summed E-state index contributed by atoms with van der Waals surface area (Å²) in [4.78, 5) is 0. The normalized spacial score (nSPS) is 23.9. The number of nitrogens with zero attached hydrogens (tertiary/aromatic N) is 1. The fraction of sp³-hybridized carbons (Fsp3) is 0.500. The van der Waals surface area contributed by atoms with Gasteiger partial charge in [-0.2, -0.15) is 5.10 Å². The average Bonchev–Trinajstić information content (AvgIpc) is 2.95. The van der Waals surface area contributed by atoms with Gasteiger partial charge < -0.3 is 20.4 Å². The van der Waals surface area contributed by atoms with E-state index in [0.29, 0.717) is 5.04 Å². The predicted octanol–water partition coefficient (Wildman–Crippen LogP) is -0.217. The number of nitrogens with one attached hydrogen (secondary N) is 1. The van der Waals surface area contributed by atoms with Crippen molar-refractivity contribution in [2.45, 2.75) is 43.6 Å². The lowest BCUT2D eigenvalue weighted by molar-refractivity contribution is -0.101. The minimum absolute atomic E-state index is 0.579. The molecule has 0 fully saturated rings. The maximum absolute atomic E-state index is 10.1. The Morgan fingerprint density at radius 3 is 2.29 bits per heavy atom. The maximum atomic E-state index is 10.1. The lowest BCUT2D eigenvalue weighted by Gasteiger charge is -2.27. The summed E-state index contributed by atoms with van der Waals surface area (Å²) in [6.45, 7) is 3.34. The highest BCUT2D eigenvalue weighted by atomic mass is 32.2. The predicted molar refractivity (Wildman–Crippen MR) is 81.9 cm³/mol. The molecule has 116 valence electrons. The Hall–Kier alpha value is -1.12. The van der Waals surface area contributed by atoms with Gasteiger partial charge in [-0.25, -0.2) is 0 Å². The van der Waals surface area contributed by atoms with E-state index in [1.54, 1.807) is 0 Å². The van der Waals surface area contributed by atoms with Crippen LogP contribution in [0.1, 0.15) is 18.1 Å². The van der Waals surface area contributed by atoms with Gasteiger partial charge in [0.2, 0.25) is 0 Å². The Kier molecular flexibility index (Phi) is 5.23. The first-order valence-electron chi connectivity index (χ1n) is 6.69. The van der Waals surface area contributed by atoms with Crippen molar-refractivity contribution in [3.63, 3.8) is 0 Å². The second-order valence-corrected chi connectivity index (χ2v) is 6.29. The van der Waals surface area contributed by atoms with Crippen LogP contribution >= 0.6 is 11.8 Å². The summed E-state index contributed by atoms with van der Waals surface area (Å²) in [5.74, 6) is 0. The van der Waals surface area contributed by atoms with Gasteiger partial charge in [0.05, 0.1) is 6.10 Å². The van der Waals surface area contributed by atoms with Gasteiger partial charge >= 0.3 is 0 Å². The smallest absolute Gasteiger partial charge is 0.125 e. The number of aliphatic hydroxyl groups is 4. The number of benzene rings is 1. The van der Waals surface area contributed by atoms with Crippen LogP contribution in [-0.4, -0.2) is 55.3 Å². The molecule has 0 aromatic heterocycles. The molecular weight excluding hydrogens is 292 g/mol. The molecule has 21 heavy (non-hydrogen) atoms. The van der Waals surface area contributed by atoms with Crippen molar-refractivity contribution < 1.29 is 20.4 Å². The van der Waals surface area contributed by atoms with Crippen LogP contribution in [0.5, 0.6) is 0 Å². The molecule has 2 rings (SSSR count). The summed E-state index contributed by atoms with van der Waals surface area (Å²) in [6.07, 6.45) is -5.25. The second kappa shape index (κ2) is 6.76. The molecule has 0 saturated heterocycles. The van der Waals surface area contributed by atoms with Gasteiger partial charge in [0.25, 0.3) is 0 Å². The van der Waals surface area contributed by atoms with Gasteiger partial charge in [0.15, 0.2) is 0 Å². The fourth-order valence-electron chi connectivity index (χ4n) is 1.94. The highest BCUT2D eigenvalue weighted by Gasteiger charge is 2.36. The third kappa shape index (κ3) is 3.75. The van der Waals surface area contributed by atoms with Crippen LogP contribution in [0, 0.1) is 6.92 Å². The lowest BCUT2D eigenvalue weighted by atomic mass is 10.0. The van der Waals surface area contributed by atoms with Crippen LogP contribution in [0.4, 0.5) is 0 Å². The molecule has 0 unspecified atom stereocenters. The molecule has 1 aliphatic heterocycles. The summed E-state index contributed by atoms with van der Waals surface area (Å²) < 4.78 is 0. The average molecular weight is 312 g/mol. The molecule has 1 heterocycles. The van der Waals surface area contributed by atoms with Gasteiger partial charge in [-0.1, -0.05) is 41.6 Å². The third-order valence-corrected chi connectivity index (χ3v) is 4.52. The number of rotatable bonds is 5. The first-order chi connectivity index (χ1) is 9.90. The standard InChI is InChI=1S/C14H20N2O4S/c1-7-3-5-9(6-4-7)13-15-16-14(21-13)12(20)11(19)10(18)8(2)17/h3-6,8,10-12,14,16-20H,1-2H3/t8-,10+,11+,12-,14-/m1/s1. The molecule has 1 aromatic carbocycles. The zero-order chi connectivity index (χ0) is 15.6. The third-order valence-electron chi connectivity index (χ3n) is 3.33. The van der Waals surface area contributed by atoms with E-state index >= 15 is 0 Å². The van der Waals surface area contributed by atoms with Crippen LogP contribution in [0.25, 0.3) is 0 Å². The van der Waals surface area contributed by atoms with Crippen molar-refractivity contribution in [3.8, 4) is 0 Å². The molecule has 7 heteroatoms. The molecule has 5 atom stereocenters. The van der Waals surface area contributed by atoms with Gasteiger partial charge in [0.1, 0.15) is 28.7 Å². The monoisotopic (exact) mass is 312 g/mol. The van der Waals surface area contributed by atoms with E-state index in [0.717, 1.165) is 11.1 Å². The Balaban J connectivity index is 1.99. The highest BCUT2D eigenvalue weighted by molar-refractivity contribution is 8.15. The quantitative estimate of drug-likeness (QED) is 0.515. The molecule has 1 aromatic rings. The maximum Gasteiger partial charge on any atom is 0.125 e. The Labute approximate surface area is 127 Å². The number of aryl methyl sites for hydroxylation is 1. The number of hydrogen-bond donors (Lipinski definition) is 5. The zero-order valence-corrected chi connectivity index (χ0v) is 12.7. The van der Waals surface area contributed by atoms with Crippen molar-refractivity contribution in [2.24, 2.45) is 5.10 Å². The SMILES string of the molecule is Cc1ccc(C2=NN[C@@H]([C@H](O)[C@@H](O)[C@@H](O)[C@@H](C)O)S2)cc1. The molecule has 0 bridgehead atoms. The van der Waals surface area contributed by atoms with Gasteiger partial charge in [0, 0.05) is 5.56 Å². The van der Waals surface area contributed by atoms with E-state index in [2.05, 4.69) is 10.5 Å². The summed E-state index contributed by atoms with van der Waals surface area (Å²) in [5.41, 5.74) is 4.80. The Bertz CT molecular complexity index is 506. The molecule has 0 spiro atoms. The first kappa shape index (κ1) is 16.3. The molecule has 1 aliphatic rings. The van der Waals surface area contributed by atoms with Gasteiger partial charge in [-0.05, 0) is 13.8 Å². The molecule has 5 N–H and O–H groups in total. The number of thioether (sulfide) groups is 1. The lowest BCUT2D eigenvalue weighted by Crippen LogP contribution is -2.49. The number of hydrazone groups is 1. The van der Waals surface area contributed by atoms with E-state index in [1.165, 1.54) is 18.7 Å². The van der Waals surface area contributed by atoms with E-state index in [1.807, 2.05) is 31.2 Å². The first-order valence-corrected chi connectivity index (χ1v) is 7.57. The van der Waals surface area contributed by atoms with E-state index < -0.39 is 29.8 Å². The molecule has 0 amide bonds. The van der Waals surface area contributed by atoms with Crippen LogP contribution in [-0.2, 0) is 0 Å². The van der Waals surface area contributed by atoms with E-state index in [4.69, 9.17) is 0 Å². The van der Waals surface area contributed by atoms with Crippen molar-refractivity contribution in [1.29, 1.82) is 0 Å². The summed E-state index contributed by atoms with van der Waals surface area (Å²) in [6, 6.07) is 7.79. The summed E-state index contributed by atoms with van der Waals surface area (Å²) >= 11 is 1.27. The zero-order valence-electron chi connectivity index (χ0n) is 11.8. The van der Waals surface area contributed by atoms with Crippen molar-refractivity contribution in [3.05, 3.63) is 35.4 Å². The summed E-state index contributed by atoms with van der Waals surface area (Å²) in [5, 5.41) is 43.0. The largest absolute Gasteiger partial charge is 0.391 e. The molecule has 0 radical (unpaired) electrons. The molecule has 0 aliphatic carbocycles. The second-order valence-electron chi connectivity index (χ2n) is 5.16. The molecule has 6 nitrogen and oxygen atoms in total. The number of hydrogen-bond acceptors (Lipinski definition) is 7. The van der Waals surface area contributed by atoms with Crippen LogP contribution in [0.3, 0.4) is 0 Å². The summed E-state index contributed by atoms with van der Waals surface area (Å²) in [7, 11) is 0. The highest BCUT2D eigenvalue weighted by Crippen LogP contribution is 2.27. The van der Waals surface area contributed by atoms with Gasteiger partial charge in [-0.3, -0.25) is 5.43 Å².